The van der Waals surface area contributed by atoms with Crippen molar-refractivity contribution in [3.05, 3.63) is 48.3 Å². The van der Waals surface area contributed by atoms with Crippen LogP contribution in [0.5, 0.6) is 0 Å². The van der Waals surface area contributed by atoms with Crippen molar-refractivity contribution < 1.29 is 13.9 Å². The molecule has 0 N–H and O–H groups in total. The van der Waals surface area contributed by atoms with E-state index in [1.165, 1.54) is 12.1 Å². The van der Waals surface area contributed by atoms with Crippen LogP contribution in [-0.2, 0) is 16.1 Å². The predicted molar refractivity (Wildman–Crippen MR) is 71.0 cm³/mol. The quantitative estimate of drug-likeness (QED) is 0.781. The molecular formula is C15H18FNO2. The number of benzene rings is 1. The molecule has 1 aromatic carbocycles. The number of carbonyl (C=O) groups is 1. The molecule has 0 radical (unpaired) electrons. The van der Waals surface area contributed by atoms with Crippen molar-refractivity contribution in [2.75, 3.05) is 13.1 Å². The van der Waals surface area contributed by atoms with E-state index in [1.54, 1.807) is 23.1 Å². The molecule has 102 valence electrons. The number of ether oxygens (including phenoxy) is 1. The maximum Gasteiger partial charge on any atom is 0.246 e. The molecule has 19 heavy (non-hydrogen) atoms. The van der Waals surface area contributed by atoms with Crippen molar-refractivity contribution in [2.45, 2.75) is 25.6 Å². The molecule has 4 heteroatoms. The zero-order valence-corrected chi connectivity index (χ0v) is 10.8. The third-order valence-corrected chi connectivity index (χ3v) is 3.30. The van der Waals surface area contributed by atoms with Crippen LogP contribution in [0.4, 0.5) is 4.39 Å². The molecule has 1 atom stereocenters. The van der Waals surface area contributed by atoms with E-state index in [0.717, 1.165) is 19.4 Å². The number of hydrogen-bond donors (Lipinski definition) is 0. The SMILES string of the molecule is C=CC(=O)N1CCC[C@H](OCc2ccccc2F)C1. The lowest BCUT2D eigenvalue weighted by Crippen LogP contribution is -2.42. The van der Waals surface area contributed by atoms with Crippen molar-refractivity contribution >= 4 is 5.91 Å². The van der Waals surface area contributed by atoms with Gasteiger partial charge in [0.1, 0.15) is 5.82 Å². The molecule has 0 unspecified atom stereocenters. The first-order valence-corrected chi connectivity index (χ1v) is 6.47. The molecule has 0 bridgehead atoms. The van der Waals surface area contributed by atoms with E-state index in [4.69, 9.17) is 4.74 Å². The van der Waals surface area contributed by atoms with Gasteiger partial charge in [-0.15, -0.1) is 0 Å². The van der Waals surface area contributed by atoms with Gasteiger partial charge in [-0.25, -0.2) is 4.39 Å². The minimum absolute atomic E-state index is 0.0303. The van der Waals surface area contributed by atoms with Gasteiger partial charge in [0, 0.05) is 18.7 Å². The average Bonchev–Trinajstić information content (AvgIpc) is 2.46. The molecule has 0 saturated carbocycles. The fourth-order valence-electron chi connectivity index (χ4n) is 2.23. The van der Waals surface area contributed by atoms with Crippen LogP contribution < -0.4 is 0 Å². The van der Waals surface area contributed by atoms with Crippen molar-refractivity contribution in [1.82, 2.24) is 4.90 Å². The van der Waals surface area contributed by atoms with E-state index in [9.17, 15) is 9.18 Å². The van der Waals surface area contributed by atoms with Crippen LogP contribution in [0.1, 0.15) is 18.4 Å². The first-order valence-electron chi connectivity index (χ1n) is 6.47. The maximum atomic E-state index is 13.4. The normalized spacial score (nSPS) is 19.2. The van der Waals surface area contributed by atoms with Crippen LogP contribution in [-0.4, -0.2) is 30.0 Å². The van der Waals surface area contributed by atoms with Crippen molar-refractivity contribution in [3.63, 3.8) is 0 Å². The molecule has 0 aliphatic carbocycles. The average molecular weight is 263 g/mol. The predicted octanol–water partition coefficient (Wildman–Crippen LogP) is 2.52. The Kier molecular flexibility index (Phi) is 4.68. The van der Waals surface area contributed by atoms with Crippen LogP contribution in [0.2, 0.25) is 0 Å². The highest BCUT2D eigenvalue weighted by molar-refractivity contribution is 5.87. The first-order chi connectivity index (χ1) is 9.20. The highest BCUT2D eigenvalue weighted by Gasteiger charge is 2.22. The third kappa shape index (κ3) is 3.64. The first kappa shape index (κ1) is 13.7. The Bertz CT molecular complexity index is 461. The van der Waals surface area contributed by atoms with Gasteiger partial charge in [0.2, 0.25) is 5.91 Å². The van der Waals surface area contributed by atoms with Gasteiger partial charge in [-0.2, -0.15) is 0 Å². The Morgan fingerprint density at radius 2 is 2.32 bits per heavy atom. The number of carbonyl (C=O) groups excluding carboxylic acids is 1. The Morgan fingerprint density at radius 3 is 3.05 bits per heavy atom. The second-order valence-electron chi connectivity index (χ2n) is 4.66. The number of amides is 1. The standard InChI is InChI=1S/C15H18FNO2/c1-2-15(18)17-9-5-7-13(10-17)19-11-12-6-3-4-8-14(12)16/h2-4,6,8,13H,1,5,7,9-11H2/t13-/m0/s1. The zero-order chi connectivity index (χ0) is 13.7. The van der Waals surface area contributed by atoms with Gasteiger partial charge >= 0.3 is 0 Å². The highest BCUT2D eigenvalue weighted by Crippen LogP contribution is 2.16. The van der Waals surface area contributed by atoms with Gasteiger partial charge < -0.3 is 9.64 Å². The molecule has 1 aliphatic rings. The summed E-state index contributed by atoms with van der Waals surface area (Å²) in [6, 6.07) is 6.58. The maximum absolute atomic E-state index is 13.4. The summed E-state index contributed by atoms with van der Waals surface area (Å²) in [7, 11) is 0. The van der Waals surface area contributed by atoms with Gasteiger partial charge in [-0.3, -0.25) is 4.79 Å². The summed E-state index contributed by atoms with van der Waals surface area (Å²) in [4.78, 5) is 13.3. The van der Waals surface area contributed by atoms with E-state index in [1.807, 2.05) is 0 Å². The third-order valence-electron chi connectivity index (χ3n) is 3.30. The van der Waals surface area contributed by atoms with E-state index in [2.05, 4.69) is 6.58 Å². The van der Waals surface area contributed by atoms with Crippen LogP contribution in [0.25, 0.3) is 0 Å². The van der Waals surface area contributed by atoms with Crippen LogP contribution in [0.3, 0.4) is 0 Å². The van der Waals surface area contributed by atoms with E-state index >= 15 is 0 Å². The monoisotopic (exact) mass is 263 g/mol. The number of rotatable bonds is 4. The van der Waals surface area contributed by atoms with Crippen LogP contribution in [0, 0.1) is 5.82 Å². The lowest BCUT2D eigenvalue weighted by atomic mass is 10.1. The van der Waals surface area contributed by atoms with Gasteiger partial charge in [-0.05, 0) is 25.0 Å². The molecule has 0 aromatic heterocycles. The van der Waals surface area contributed by atoms with E-state index in [0.29, 0.717) is 12.1 Å². The van der Waals surface area contributed by atoms with Gasteiger partial charge in [-0.1, -0.05) is 24.8 Å². The fourth-order valence-corrected chi connectivity index (χ4v) is 2.23. The Labute approximate surface area is 112 Å². The minimum Gasteiger partial charge on any atom is -0.372 e. The number of halogens is 1. The molecule has 1 aromatic rings. The number of likely N-dealkylation sites (tertiary alicyclic amines) is 1. The molecule has 1 saturated heterocycles. The smallest absolute Gasteiger partial charge is 0.246 e. The second-order valence-corrected chi connectivity index (χ2v) is 4.66. The van der Waals surface area contributed by atoms with Crippen molar-refractivity contribution in [3.8, 4) is 0 Å². The Morgan fingerprint density at radius 1 is 1.53 bits per heavy atom. The summed E-state index contributed by atoms with van der Waals surface area (Å²) < 4.78 is 19.2. The zero-order valence-electron chi connectivity index (χ0n) is 10.8. The van der Waals surface area contributed by atoms with E-state index < -0.39 is 0 Å². The summed E-state index contributed by atoms with van der Waals surface area (Å²) in [5.41, 5.74) is 0.551. The molecular weight excluding hydrogens is 245 g/mol. The number of piperidine rings is 1. The Hall–Kier alpha value is -1.68. The van der Waals surface area contributed by atoms with Gasteiger partial charge in [0.05, 0.1) is 12.7 Å². The van der Waals surface area contributed by atoms with E-state index in [-0.39, 0.29) is 24.4 Å². The summed E-state index contributed by atoms with van der Waals surface area (Å²) in [5.74, 6) is -0.323. The van der Waals surface area contributed by atoms with Crippen molar-refractivity contribution in [1.29, 1.82) is 0 Å². The lowest BCUT2D eigenvalue weighted by molar-refractivity contribution is -0.130. The minimum atomic E-state index is -0.252. The lowest BCUT2D eigenvalue weighted by Gasteiger charge is -2.32. The summed E-state index contributed by atoms with van der Waals surface area (Å²) in [6.45, 7) is 5.02. The molecule has 1 amide bonds. The number of hydrogen-bond acceptors (Lipinski definition) is 2. The molecule has 3 nitrogen and oxygen atoms in total. The summed E-state index contributed by atoms with van der Waals surface area (Å²) in [5, 5.41) is 0. The Balaban J connectivity index is 1.88. The highest BCUT2D eigenvalue weighted by atomic mass is 19.1. The van der Waals surface area contributed by atoms with Crippen LogP contribution >= 0.6 is 0 Å². The topological polar surface area (TPSA) is 29.5 Å². The van der Waals surface area contributed by atoms with Gasteiger partial charge in [0.15, 0.2) is 0 Å². The fraction of sp³-hybridized carbons (Fsp3) is 0.400. The molecule has 2 rings (SSSR count). The number of nitrogens with zero attached hydrogens (tertiary/aromatic N) is 1. The molecule has 1 heterocycles. The molecule has 1 aliphatic heterocycles. The van der Waals surface area contributed by atoms with Crippen LogP contribution in [0.15, 0.2) is 36.9 Å². The summed E-state index contributed by atoms with van der Waals surface area (Å²) >= 11 is 0. The molecule has 0 spiro atoms. The molecule has 1 fully saturated rings. The van der Waals surface area contributed by atoms with Gasteiger partial charge in [0.25, 0.3) is 0 Å². The second kappa shape index (κ2) is 6.48. The van der Waals surface area contributed by atoms with Crippen molar-refractivity contribution in [2.24, 2.45) is 0 Å². The summed E-state index contributed by atoms with van der Waals surface area (Å²) in [6.07, 6.45) is 3.09. The largest absolute Gasteiger partial charge is 0.372 e.